The SMILES string of the molecule is Cc1cc(N2CCCC2)ccc1NC(=O)CCN1C(=O)[C@H]2CC=CC[C@@H]2C1=O. The molecule has 0 saturated carbocycles. The van der Waals surface area contributed by atoms with E-state index >= 15 is 0 Å². The van der Waals surface area contributed by atoms with Gasteiger partial charge in [-0.05, 0) is 56.4 Å². The lowest BCUT2D eigenvalue weighted by molar-refractivity contribution is -0.140. The quantitative estimate of drug-likeness (QED) is 0.629. The van der Waals surface area contributed by atoms with Crippen molar-refractivity contribution in [3.8, 4) is 0 Å². The van der Waals surface area contributed by atoms with Crippen LogP contribution in [0.15, 0.2) is 30.4 Å². The third-order valence-electron chi connectivity index (χ3n) is 6.12. The molecule has 0 aromatic heterocycles. The number of anilines is 2. The molecule has 2 fully saturated rings. The minimum atomic E-state index is -0.235. The molecule has 3 aliphatic rings. The van der Waals surface area contributed by atoms with Gasteiger partial charge in [-0.2, -0.15) is 0 Å². The molecule has 6 nitrogen and oxygen atoms in total. The van der Waals surface area contributed by atoms with Crippen LogP contribution < -0.4 is 10.2 Å². The third kappa shape index (κ3) is 3.55. The van der Waals surface area contributed by atoms with E-state index in [2.05, 4.69) is 16.3 Å². The van der Waals surface area contributed by atoms with Gasteiger partial charge in [0.1, 0.15) is 0 Å². The molecular formula is C22H27N3O3. The number of allylic oxidation sites excluding steroid dienone is 2. The molecule has 2 saturated heterocycles. The highest BCUT2D eigenvalue weighted by molar-refractivity contribution is 6.05. The summed E-state index contributed by atoms with van der Waals surface area (Å²) in [4.78, 5) is 41.0. The molecule has 1 aromatic carbocycles. The van der Waals surface area contributed by atoms with Gasteiger partial charge in [0.25, 0.3) is 0 Å². The molecule has 4 rings (SSSR count). The van der Waals surface area contributed by atoms with Crippen molar-refractivity contribution >= 4 is 29.1 Å². The average Bonchev–Trinajstić information content (AvgIpc) is 3.31. The second-order valence-electron chi connectivity index (χ2n) is 7.98. The second kappa shape index (κ2) is 7.78. The molecule has 1 N–H and O–H groups in total. The number of amides is 3. The maximum absolute atomic E-state index is 12.5. The van der Waals surface area contributed by atoms with Crippen LogP contribution in [0.3, 0.4) is 0 Å². The Balaban J connectivity index is 1.33. The van der Waals surface area contributed by atoms with Gasteiger partial charge in [0.2, 0.25) is 17.7 Å². The number of nitrogens with zero attached hydrogens (tertiary/aromatic N) is 2. The minimum absolute atomic E-state index is 0.123. The molecule has 28 heavy (non-hydrogen) atoms. The van der Waals surface area contributed by atoms with Crippen LogP contribution in [-0.4, -0.2) is 42.3 Å². The zero-order valence-corrected chi connectivity index (χ0v) is 16.3. The summed E-state index contributed by atoms with van der Waals surface area (Å²) in [5.41, 5.74) is 2.99. The average molecular weight is 381 g/mol. The van der Waals surface area contributed by atoms with E-state index < -0.39 is 0 Å². The first kappa shape index (κ1) is 18.7. The number of hydrogen-bond acceptors (Lipinski definition) is 4. The Morgan fingerprint density at radius 3 is 2.32 bits per heavy atom. The summed E-state index contributed by atoms with van der Waals surface area (Å²) < 4.78 is 0. The Labute approximate surface area is 165 Å². The Kier molecular flexibility index (Phi) is 5.20. The number of nitrogens with one attached hydrogen (secondary N) is 1. The van der Waals surface area contributed by atoms with Crippen LogP contribution in [0.2, 0.25) is 0 Å². The van der Waals surface area contributed by atoms with Gasteiger partial charge in [-0.25, -0.2) is 0 Å². The van der Waals surface area contributed by atoms with Crippen molar-refractivity contribution in [3.05, 3.63) is 35.9 Å². The van der Waals surface area contributed by atoms with Crippen molar-refractivity contribution < 1.29 is 14.4 Å². The highest BCUT2D eigenvalue weighted by atomic mass is 16.2. The fourth-order valence-electron chi connectivity index (χ4n) is 4.48. The maximum Gasteiger partial charge on any atom is 0.233 e. The van der Waals surface area contributed by atoms with E-state index in [-0.39, 0.29) is 42.5 Å². The number of aryl methyl sites for hydroxylation is 1. The van der Waals surface area contributed by atoms with E-state index in [9.17, 15) is 14.4 Å². The lowest BCUT2D eigenvalue weighted by atomic mass is 9.85. The van der Waals surface area contributed by atoms with Crippen LogP contribution in [0.25, 0.3) is 0 Å². The number of carbonyl (C=O) groups is 3. The van der Waals surface area contributed by atoms with E-state index in [0.717, 1.165) is 24.3 Å². The summed E-state index contributed by atoms with van der Waals surface area (Å²) in [7, 11) is 0. The number of carbonyl (C=O) groups excluding carboxylic acids is 3. The van der Waals surface area contributed by atoms with Gasteiger partial charge < -0.3 is 10.2 Å². The number of hydrogen-bond donors (Lipinski definition) is 1. The molecule has 6 heteroatoms. The van der Waals surface area contributed by atoms with Gasteiger partial charge >= 0.3 is 0 Å². The molecule has 148 valence electrons. The largest absolute Gasteiger partial charge is 0.372 e. The van der Waals surface area contributed by atoms with Crippen molar-refractivity contribution in [1.82, 2.24) is 4.90 Å². The number of likely N-dealkylation sites (tertiary alicyclic amines) is 1. The maximum atomic E-state index is 12.5. The molecule has 2 aliphatic heterocycles. The van der Waals surface area contributed by atoms with Gasteiger partial charge in [0.15, 0.2) is 0 Å². The summed E-state index contributed by atoms with van der Waals surface area (Å²) in [5, 5.41) is 2.93. The van der Waals surface area contributed by atoms with Crippen LogP contribution in [0.1, 0.15) is 37.7 Å². The van der Waals surface area contributed by atoms with E-state index in [1.165, 1.54) is 23.4 Å². The number of fused-ring (bicyclic) bond motifs is 1. The van der Waals surface area contributed by atoms with Crippen molar-refractivity contribution in [2.45, 2.75) is 39.0 Å². The normalized spacial score (nSPS) is 24.0. The molecule has 0 spiro atoms. The summed E-state index contributed by atoms with van der Waals surface area (Å²) in [6, 6.07) is 6.08. The highest BCUT2D eigenvalue weighted by Crippen LogP contribution is 2.35. The van der Waals surface area contributed by atoms with Gasteiger partial charge in [-0.3, -0.25) is 19.3 Å². The summed E-state index contributed by atoms with van der Waals surface area (Å²) in [5.74, 6) is -0.899. The molecule has 1 aliphatic carbocycles. The number of imide groups is 1. The van der Waals surface area contributed by atoms with Gasteiger partial charge in [0, 0.05) is 37.4 Å². The van der Waals surface area contributed by atoms with Crippen molar-refractivity contribution in [2.24, 2.45) is 11.8 Å². The first-order chi connectivity index (χ1) is 13.5. The summed E-state index contributed by atoms with van der Waals surface area (Å²) in [6.07, 6.45) is 7.76. The van der Waals surface area contributed by atoms with Crippen molar-refractivity contribution in [1.29, 1.82) is 0 Å². The molecule has 1 aromatic rings. The van der Waals surface area contributed by atoms with Crippen LogP contribution in [0.5, 0.6) is 0 Å². The summed E-state index contributed by atoms with van der Waals surface area (Å²) >= 11 is 0. The van der Waals surface area contributed by atoms with Gasteiger partial charge in [0.05, 0.1) is 11.8 Å². The minimum Gasteiger partial charge on any atom is -0.372 e. The first-order valence-electron chi connectivity index (χ1n) is 10.2. The van der Waals surface area contributed by atoms with Crippen LogP contribution in [0.4, 0.5) is 11.4 Å². The smallest absolute Gasteiger partial charge is 0.233 e. The zero-order chi connectivity index (χ0) is 19.7. The van der Waals surface area contributed by atoms with Crippen LogP contribution in [0, 0.1) is 18.8 Å². The monoisotopic (exact) mass is 381 g/mol. The Morgan fingerprint density at radius 1 is 1.07 bits per heavy atom. The van der Waals surface area contributed by atoms with Crippen molar-refractivity contribution in [2.75, 3.05) is 29.9 Å². The van der Waals surface area contributed by atoms with Crippen LogP contribution >= 0.6 is 0 Å². The number of rotatable bonds is 5. The lowest BCUT2D eigenvalue weighted by Gasteiger charge is -2.19. The Morgan fingerprint density at radius 2 is 1.71 bits per heavy atom. The Bertz CT molecular complexity index is 800. The summed E-state index contributed by atoms with van der Waals surface area (Å²) in [6.45, 7) is 4.31. The first-order valence-corrected chi connectivity index (χ1v) is 10.2. The van der Waals surface area contributed by atoms with E-state index in [4.69, 9.17) is 0 Å². The highest BCUT2D eigenvalue weighted by Gasteiger charge is 2.46. The molecule has 2 heterocycles. The molecular weight excluding hydrogens is 354 g/mol. The van der Waals surface area contributed by atoms with Crippen molar-refractivity contribution in [3.63, 3.8) is 0 Å². The fourth-order valence-corrected chi connectivity index (χ4v) is 4.48. The molecule has 3 amide bonds. The molecule has 0 radical (unpaired) electrons. The molecule has 0 unspecified atom stereocenters. The van der Waals surface area contributed by atoms with E-state index in [1.807, 2.05) is 31.2 Å². The second-order valence-corrected chi connectivity index (χ2v) is 7.98. The van der Waals surface area contributed by atoms with E-state index in [0.29, 0.717) is 12.8 Å². The predicted molar refractivity (Wildman–Crippen MR) is 108 cm³/mol. The standard InChI is InChI=1S/C22H27N3O3/c1-15-14-16(24-11-4-5-12-24)8-9-19(15)23-20(26)10-13-25-21(27)17-6-2-3-7-18(17)22(25)28/h2-3,8-9,14,17-18H,4-7,10-13H2,1H3,(H,23,26)/t17-,18-/m0/s1. The zero-order valence-electron chi connectivity index (χ0n) is 16.3. The van der Waals surface area contributed by atoms with Crippen LogP contribution in [-0.2, 0) is 14.4 Å². The Hall–Kier alpha value is -2.63. The molecule has 2 atom stereocenters. The van der Waals surface area contributed by atoms with Gasteiger partial charge in [-0.1, -0.05) is 12.2 Å². The molecule has 0 bridgehead atoms. The topological polar surface area (TPSA) is 69.7 Å². The van der Waals surface area contributed by atoms with Gasteiger partial charge in [-0.15, -0.1) is 0 Å². The number of benzene rings is 1. The lowest BCUT2D eigenvalue weighted by Crippen LogP contribution is -2.34. The predicted octanol–water partition coefficient (Wildman–Crippen LogP) is 2.88. The fraction of sp³-hybridized carbons (Fsp3) is 0.500. The third-order valence-corrected chi connectivity index (χ3v) is 6.12. The van der Waals surface area contributed by atoms with E-state index in [1.54, 1.807) is 0 Å².